The molecule has 0 aliphatic rings. The number of carbonyl (C=O) groups is 2. The fourth-order valence-electron chi connectivity index (χ4n) is 4.56. The number of amides is 2. The third-order valence-electron chi connectivity index (χ3n) is 6.80. The van der Waals surface area contributed by atoms with Crippen LogP contribution >= 0.6 is 11.6 Å². The Morgan fingerprint density at radius 3 is 2.16 bits per heavy atom. The molecule has 0 saturated carbocycles. The number of carbonyl (C=O) groups excluding carboxylic acids is 2. The summed E-state index contributed by atoms with van der Waals surface area (Å²) < 4.78 is 47.8. The largest absolute Gasteiger partial charge is 0.497 e. The molecule has 4 rings (SSSR count). The lowest BCUT2D eigenvalue weighted by Gasteiger charge is -2.33. The van der Waals surface area contributed by atoms with E-state index in [9.17, 15) is 22.4 Å². The van der Waals surface area contributed by atoms with Crippen LogP contribution in [0, 0.1) is 5.82 Å². The lowest BCUT2D eigenvalue weighted by atomic mass is 10.0. The molecule has 1 N–H and O–H groups in total. The highest BCUT2D eigenvalue weighted by Gasteiger charge is 2.34. The van der Waals surface area contributed by atoms with Gasteiger partial charge in [-0.1, -0.05) is 54.1 Å². The van der Waals surface area contributed by atoms with Gasteiger partial charge in [-0.25, -0.2) is 12.8 Å². The first-order chi connectivity index (χ1) is 20.6. The first kappa shape index (κ1) is 31.5. The Kier molecular flexibility index (Phi) is 10.4. The van der Waals surface area contributed by atoms with E-state index in [1.54, 1.807) is 24.3 Å². The van der Waals surface area contributed by atoms with Crippen molar-refractivity contribution in [3.63, 3.8) is 0 Å². The van der Waals surface area contributed by atoms with Crippen LogP contribution in [-0.4, -0.2) is 51.9 Å². The molecule has 43 heavy (non-hydrogen) atoms. The van der Waals surface area contributed by atoms with Crippen molar-refractivity contribution in [2.24, 2.45) is 0 Å². The minimum absolute atomic E-state index is 0.0237. The zero-order valence-corrected chi connectivity index (χ0v) is 25.2. The van der Waals surface area contributed by atoms with Gasteiger partial charge >= 0.3 is 0 Å². The summed E-state index contributed by atoms with van der Waals surface area (Å²) in [6.07, 6.45) is 0.175. The molecule has 0 saturated heterocycles. The van der Waals surface area contributed by atoms with Gasteiger partial charge in [-0.3, -0.25) is 13.9 Å². The van der Waals surface area contributed by atoms with Gasteiger partial charge in [-0.15, -0.1) is 0 Å². The normalized spacial score (nSPS) is 11.8. The summed E-state index contributed by atoms with van der Waals surface area (Å²) in [7, 11) is -1.39. The van der Waals surface area contributed by atoms with E-state index in [2.05, 4.69) is 5.32 Å². The zero-order chi connectivity index (χ0) is 31.0. The smallest absolute Gasteiger partial charge is 0.264 e. The van der Waals surface area contributed by atoms with Crippen molar-refractivity contribution in [3.8, 4) is 5.75 Å². The Labute approximate surface area is 255 Å². The monoisotopic (exact) mass is 623 g/mol. The third kappa shape index (κ3) is 7.91. The van der Waals surface area contributed by atoms with Crippen LogP contribution in [0.5, 0.6) is 5.75 Å². The number of ether oxygens (including phenoxy) is 1. The van der Waals surface area contributed by atoms with Crippen molar-refractivity contribution in [1.82, 2.24) is 10.2 Å². The van der Waals surface area contributed by atoms with Crippen LogP contribution in [0.1, 0.15) is 11.1 Å². The van der Waals surface area contributed by atoms with E-state index in [-0.39, 0.29) is 23.5 Å². The second-order valence-corrected chi connectivity index (χ2v) is 11.9. The van der Waals surface area contributed by atoms with Crippen molar-refractivity contribution < 1.29 is 27.1 Å². The molecule has 0 heterocycles. The molecule has 8 nitrogen and oxygen atoms in total. The van der Waals surface area contributed by atoms with Gasteiger partial charge in [0.05, 0.1) is 17.7 Å². The van der Waals surface area contributed by atoms with Gasteiger partial charge < -0.3 is 15.0 Å². The van der Waals surface area contributed by atoms with Gasteiger partial charge in [0.1, 0.15) is 24.2 Å². The fourth-order valence-corrected chi connectivity index (χ4v) is 6.19. The summed E-state index contributed by atoms with van der Waals surface area (Å²) in [4.78, 5) is 28.7. The molecule has 0 aliphatic carbocycles. The molecule has 0 fully saturated rings. The molecule has 0 bridgehead atoms. The highest BCUT2D eigenvalue weighted by molar-refractivity contribution is 7.92. The van der Waals surface area contributed by atoms with Crippen LogP contribution in [0.3, 0.4) is 0 Å². The summed E-state index contributed by atoms with van der Waals surface area (Å²) in [5.41, 5.74) is 1.53. The number of hydrogen-bond donors (Lipinski definition) is 1. The molecule has 2 amide bonds. The summed E-state index contributed by atoms with van der Waals surface area (Å²) in [5.74, 6) is -1.19. The van der Waals surface area contributed by atoms with Gasteiger partial charge in [-0.2, -0.15) is 0 Å². The average molecular weight is 624 g/mol. The molecule has 0 radical (unpaired) electrons. The topological polar surface area (TPSA) is 96.0 Å². The number of nitrogens with zero attached hydrogens (tertiary/aromatic N) is 2. The van der Waals surface area contributed by atoms with Gasteiger partial charge in [0, 0.05) is 25.0 Å². The van der Waals surface area contributed by atoms with Crippen LogP contribution < -0.4 is 14.4 Å². The van der Waals surface area contributed by atoms with Crippen LogP contribution in [0.15, 0.2) is 108 Å². The van der Waals surface area contributed by atoms with E-state index in [4.69, 9.17) is 16.3 Å². The maximum atomic E-state index is 14.2. The molecule has 224 valence electrons. The lowest BCUT2D eigenvalue weighted by molar-refractivity contribution is -0.139. The number of halogens is 2. The number of nitrogens with one attached hydrogen (secondary N) is 1. The number of likely N-dealkylation sites (N-methyl/N-ethyl adjacent to an activating group) is 1. The number of anilines is 1. The minimum Gasteiger partial charge on any atom is -0.497 e. The summed E-state index contributed by atoms with van der Waals surface area (Å²) in [5, 5.41) is 3.08. The highest BCUT2D eigenvalue weighted by Crippen LogP contribution is 2.27. The molecule has 1 atom stereocenters. The standard InChI is InChI=1S/C32H31ClFN3O5S/c1-35-32(39)30(20-23-7-4-3-5-8-23)36(21-24-9-6-10-25(33)19-24)31(38)22-37(27-13-11-26(34)12-14-27)43(40,41)29-17-15-28(42-2)16-18-29/h3-19,30H,20-22H2,1-2H3,(H,35,39)/t30-/m1/s1. The predicted octanol–water partition coefficient (Wildman–Crippen LogP) is 5.07. The van der Waals surface area contributed by atoms with Gasteiger partial charge in [-0.05, 0) is 71.8 Å². The minimum atomic E-state index is -4.32. The maximum absolute atomic E-state index is 14.2. The molecule has 4 aromatic carbocycles. The Morgan fingerprint density at radius 1 is 0.907 bits per heavy atom. The number of sulfonamides is 1. The highest BCUT2D eigenvalue weighted by atomic mass is 35.5. The Morgan fingerprint density at radius 2 is 1.56 bits per heavy atom. The molecular formula is C32H31ClFN3O5S. The first-order valence-electron chi connectivity index (χ1n) is 13.3. The maximum Gasteiger partial charge on any atom is 0.264 e. The van der Waals surface area contributed by atoms with Crippen LogP contribution in [0.4, 0.5) is 10.1 Å². The summed E-state index contributed by atoms with van der Waals surface area (Å²) >= 11 is 6.22. The molecule has 11 heteroatoms. The Hall–Kier alpha value is -4.41. The predicted molar refractivity (Wildman–Crippen MR) is 164 cm³/mol. The molecule has 0 unspecified atom stereocenters. The second kappa shape index (κ2) is 14.2. The first-order valence-corrected chi connectivity index (χ1v) is 15.2. The van der Waals surface area contributed by atoms with E-state index in [1.807, 2.05) is 30.3 Å². The van der Waals surface area contributed by atoms with Crippen molar-refractivity contribution in [3.05, 3.63) is 125 Å². The van der Waals surface area contributed by atoms with Gasteiger partial charge in [0.2, 0.25) is 11.8 Å². The lowest BCUT2D eigenvalue weighted by Crippen LogP contribution is -2.53. The zero-order valence-electron chi connectivity index (χ0n) is 23.6. The van der Waals surface area contributed by atoms with E-state index in [1.165, 1.54) is 55.5 Å². The molecular weight excluding hydrogens is 593 g/mol. The third-order valence-corrected chi connectivity index (χ3v) is 8.82. The van der Waals surface area contributed by atoms with E-state index >= 15 is 0 Å². The quantitative estimate of drug-likeness (QED) is 0.238. The Bertz CT molecular complexity index is 1650. The number of rotatable bonds is 12. The van der Waals surface area contributed by atoms with E-state index in [0.29, 0.717) is 16.3 Å². The Balaban J connectivity index is 1.78. The van der Waals surface area contributed by atoms with Crippen molar-refractivity contribution >= 4 is 39.1 Å². The molecule has 0 aromatic heterocycles. The molecule has 4 aromatic rings. The average Bonchev–Trinajstić information content (AvgIpc) is 3.02. The number of hydrogen-bond acceptors (Lipinski definition) is 5. The summed E-state index contributed by atoms with van der Waals surface area (Å²) in [6, 6.07) is 25.6. The van der Waals surface area contributed by atoms with Gasteiger partial charge in [0.15, 0.2) is 0 Å². The SMILES string of the molecule is CNC(=O)[C@@H](Cc1ccccc1)N(Cc1cccc(Cl)c1)C(=O)CN(c1ccc(F)cc1)S(=O)(=O)c1ccc(OC)cc1. The van der Waals surface area contributed by atoms with Crippen LogP contribution in [0.2, 0.25) is 5.02 Å². The van der Waals surface area contributed by atoms with Crippen LogP contribution in [0.25, 0.3) is 0 Å². The van der Waals surface area contributed by atoms with Crippen molar-refractivity contribution in [2.45, 2.75) is 23.9 Å². The van der Waals surface area contributed by atoms with Crippen molar-refractivity contribution in [1.29, 1.82) is 0 Å². The fraction of sp³-hybridized carbons (Fsp3) is 0.188. The molecule has 0 aliphatic heterocycles. The second-order valence-electron chi connectivity index (χ2n) is 9.63. The van der Waals surface area contributed by atoms with E-state index in [0.717, 1.165) is 22.0 Å². The summed E-state index contributed by atoms with van der Waals surface area (Å²) in [6.45, 7) is -0.688. The van der Waals surface area contributed by atoms with Crippen LogP contribution in [-0.2, 0) is 32.6 Å². The number of methoxy groups -OCH3 is 1. The van der Waals surface area contributed by atoms with E-state index < -0.39 is 40.2 Å². The number of benzene rings is 4. The van der Waals surface area contributed by atoms with Gasteiger partial charge in [0.25, 0.3) is 10.0 Å². The molecule has 0 spiro atoms. The van der Waals surface area contributed by atoms with Crippen molar-refractivity contribution in [2.75, 3.05) is 25.0 Å².